The molecule has 0 aliphatic heterocycles. The third-order valence-electron chi connectivity index (χ3n) is 5.24. The summed E-state index contributed by atoms with van der Waals surface area (Å²) in [5.41, 5.74) is 10.4. The fourth-order valence-corrected chi connectivity index (χ4v) is 3.57. The molecule has 1 heterocycles. The highest BCUT2D eigenvalue weighted by Crippen LogP contribution is 2.24. The Hall–Kier alpha value is -4.40. The van der Waals surface area contributed by atoms with Crippen LogP contribution in [-0.4, -0.2) is 35.0 Å². The number of esters is 1. The molecule has 1 aromatic heterocycles. The van der Waals surface area contributed by atoms with Gasteiger partial charge in [0.2, 0.25) is 0 Å². The van der Waals surface area contributed by atoms with Crippen molar-refractivity contribution in [3.05, 3.63) is 76.7 Å². The van der Waals surface area contributed by atoms with E-state index in [1.807, 2.05) is 37.3 Å². The van der Waals surface area contributed by atoms with Crippen LogP contribution in [-0.2, 0) is 20.7 Å². The molecule has 0 saturated heterocycles. The number of amidine groups is 1. The van der Waals surface area contributed by atoms with Crippen LogP contribution < -0.4 is 16.4 Å². The molecular formula is C25H28N6O3. The third kappa shape index (κ3) is 5.89. The number of hydrogen-bond donors (Lipinski definition) is 6. The second-order valence-electron chi connectivity index (χ2n) is 7.90. The minimum atomic E-state index is -0.550. The topological polar surface area (TPSA) is 157 Å². The maximum Gasteiger partial charge on any atom is 0.310 e. The van der Waals surface area contributed by atoms with Crippen LogP contribution in [0.4, 0.5) is 5.69 Å². The molecule has 0 bridgehead atoms. The summed E-state index contributed by atoms with van der Waals surface area (Å²) in [5, 5.41) is 22.2. The second kappa shape index (κ2) is 10.5. The van der Waals surface area contributed by atoms with E-state index in [2.05, 4.69) is 15.6 Å². The Labute approximate surface area is 197 Å². The highest BCUT2D eigenvalue weighted by atomic mass is 16.5. The van der Waals surface area contributed by atoms with Crippen molar-refractivity contribution >= 4 is 40.0 Å². The SMILES string of the molecule is CC(=N)/C(NC(=O)COC(=O)Cc1c(C)[nH]c2cc(C(=N)N)ccc12)=C(/C)Nc1ccccc1. The number of nitrogens with two attached hydrogens (primary N) is 1. The maximum atomic E-state index is 12.4. The van der Waals surface area contributed by atoms with E-state index in [1.54, 1.807) is 32.0 Å². The second-order valence-corrected chi connectivity index (χ2v) is 7.90. The van der Waals surface area contributed by atoms with Gasteiger partial charge in [-0.15, -0.1) is 0 Å². The summed E-state index contributed by atoms with van der Waals surface area (Å²) in [6.07, 6.45) is -0.0145. The number of allylic oxidation sites excluding steroid dienone is 2. The zero-order valence-electron chi connectivity index (χ0n) is 19.3. The van der Waals surface area contributed by atoms with Crippen molar-refractivity contribution in [1.82, 2.24) is 10.3 Å². The van der Waals surface area contributed by atoms with E-state index in [4.69, 9.17) is 21.3 Å². The van der Waals surface area contributed by atoms with Gasteiger partial charge in [-0.3, -0.25) is 15.0 Å². The van der Waals surface area contributed by atoms with Gasteiger partial charge in [0.15, 0.2) is 6.61 Å². The van der Waals surface area contributed by atoms with Gasteiger partial charge in [-0.1, -0.05) is 30.3 Å². The molecule has 34 heavy (non-hydrogen) atoms. The molecule has 9 heteroatoms. The number of anilines is 1. The number of aryl methyl sites for hydroxylation is 1. The number of para-hydroxylation sites is 1. The van der Waals surface area contributed by atoms with Crippen molar-refractivity contribution in [2.75, 3.05) is 11.9 Å². The van der Waals surface area contributed by atoms with E-state index < -0.39 is 18.5 Å². The van der Waals surface area contributed by atoms with E-state index >= 15 is 0 Å². The van der Waals surface area contributed by atoms with Crippen LogP contribution in [0.2, 0.25) is 0 Å². The molecule has 7 N–H and O–H groups in total. The summed E-state index contributed by atoms with van der Waals surface area (Å²) in [4.78, 5) is 28.0. The Morgan fingerprint density at radius 3 is 2.44 bits per heavy atom. The molecule has 0 aliphatic rings. The highest BCUT2D eigenvalue weighted by molar-refractivity contribution is 6.01. The molecule has 176 valence electrons. The summed E-state index contributed by atoms with van der Waals surface area (Å²) >= 11 is 0. The zero-order chi connectivity index (χ0) is 24.8. The number of fused-ring (bicyclic) bond motifs is 1. The van der Waals surface area contributed by atoms with E-state index in [0.29, 0.717) is 17.0 Å². The molecule has 2 aromatic carbocycles. The first-order chi connectivity index (χ1) is 16.2. The highest BCUT2D eigenvalue weighted by Gasteiger charge is 2.17. The number of nitrogen functional groups attached to an aromatic ring is 1. The maximum absolute atomic E-state index is 12.4. The fourth-order valence-electron chi connectivity index (χ4n) is 3.57. The molecule has 0 unspecified atom stereocenters. The number of ether oxygens (including phenoxy) is 1. The lowest BCUT2D eigenvalue weighted by Gasteiger charge is -2.15. The lowest BCUT2D eigenvalue weighted by Crippen LogP contribution is -2.32. The standard InChI is InChI=1S/C25H28N6O3/c1-14(26)24(16(3)29-18-7-5-4-6-8-18)31-22(32)13-34-23(33)12-20-15(2)30-21-11-17(25(27)28)9-10-19(20)21/h4-11,26,29-30H,12-13H2,1-3H3,(H3,27,28)(H,31,32)/b24-16+,26-14?. The molecule has 0 fully saturated rings. The van der Waals surface area contributed by atoms with Crippen molar-refractivity contribution in [3.8, 4) is 0 Å². The summed E-state index contributed by atoms with van der Waals surface area (Å²) in [6, 6.07) is 14.7. The number of H-pyrrole nitrogens is 1. The van der Waals surface area contributed by atoms with Crippen LogP contribution >= 0.6 is 0 Å². The van der Waals surface area contributed by atoms with Crippen molar-refractivity contribution in [2.24, 2.45) is 5.73 Å². The smallest absolute Gasteiger partial charge is 0.310 e. The van der Waals surface area contributed by atoms with Crippen LogP contribution in [0, 0.1) is 17.7 Å². The van der Waals surface area contributed by atoms with Gasteiger partial charge in [0.05, 0.1) is 17.8 Å². The quantitative estimate of drug-likeness (QED) is 0.164. The average Bonchev–Trinajstić information content (AvgIpc) is 3.10. The molecule has 3 aromatic rings. The number of hydrogen-bond acceptors (Lipinski definition) is 6. The Morgan fingerprint density at radius 2 is 1.79 bits per heavy atom. The van der Waals surface area contributed by atoms with E-state index in [9.17, 15) is 9.59 Å². The van der Waals surface area contributed by atoms with Gasteiger partial charge in [-0.2, -0.15) is 0 Å². The molecule has 0 atom stereocenters. The number of carbonyl (C=O) groups is 2. The van der Waals surface area contributed by atoms with Crippen molar-refractivity contribution < 1.29 is 14.3 Å². The number of aromatic amines is 1. The largest absolute Gasteiger partial charge is 0.455 e. The van der Waals surface area contributed by atoms with E-state index in [1.165, 1.54) is 0 Å². The number of aromatic nitrogens is 1. The van der Waals surface area contributed by atoms with Gasteiger partial charge < -0.3 is 31.5 Å². The minimum absolute atomic E-state index is 0.0145. The van der Waals surface area contributed by atoms with Crippen LogP contribution in [0.1, 0.15) is 30.7 Å². The molecule has 0 saturated carbocycles. The first-order valence-corrected chi connectivity index (χ1v) is 10.6. The molecule has 1 amide bonds. The summed E-state index contributed by atoms with van der Waals surface area (Å²) in [7, 11) is 0. The van der Waals surface area contributed by atoms with E-state index in [-0.39, 0.29) is 18.0 Å². The van der Waals surface area contributed by atoms with Crippen LogP contribution in [0.25, 0.3) is 10.9 Å². The number of carbonyl (C=O) groups excluding carboxylic acids is 2. The molecule has 3 rings (SSSR count). The number of amides is 1. The number of benzene rings is 2. The molecule has 0 aliphatic carbocycles. The van der Waals surface area contributed by atoms with Gasteiger partial charge in [0.25, 0.3) is 5.91 Å². The van der Waals surface area contributed by atoms with Crippen LogP contribution in [0.15, 0.2) is 59.9 Å². The first kappa shape index (κ1) is 24.2. The van der Waals surface area contributed by atoms with Crippen molar-refractivity contribution in [2.45, 2.75) is 27.2 Å². The van der Waals surface area contributed by atoms with E-state index in [0.717, 1.165) is 27.8 Å². The molecular weight excluding hydrogens is 432 g/mol. The minimum Gasteiger partial charge on any atom is -0.455 e. The van der Waals surface area contributed by atoms with Gasteiger partial charge in [0, 0.05) is 33.5 Å². The third-order valence-corrected chi connectivity index (χ3v) is 5.24. The Bertz CT molecular complexity index is 1290. The van der Waals surface area contributed by atoms with Crippen LogP contribution in [0.5, 0.6) is 0 Å². The number of nitrogens with one attached hydrogen (secondary N) is 5. The zero-order valence-corrected chi connectivity index (χ0v) is 19.3. The van der Waals surface area contributed by atoms with Crippen molar-refractivity contribution in [3.63, 3.8) is 0 Å². The summed E-state index contributed by atoms with van der Waals surface area (Å²) < 4.78 is 5.19. The van der Waals surface area contributed by atoms with Gasteiger partial charge >= 0.3 is 5.97 Å². The first-order valence-electron chi connectivity index (χ1n) is 10.6. The Balaban J connectivity index is 1.62. The Kier molecular flexibility index (Phi) is 7.47. The monoisotopic (exact) mass is 460 g/mol. The predicted octanol–water partition coefficient (Wildman–Crippen LogP) is 3.35. The van der Waals surface area contributed by atoms with Gasteiger partial charge in [0.1, 0.15) is 5.84 Å². The van der Waals surface area contributed by atoms with Crippen molar-refractivity contribution in [1.29, 1.82) is 10.8 Å². The lowest BCUT2D eigenvalue weighted by atomic mass is 10.1. The Morgan fingerprint density at radius 1 is 1.09 bits per heavy atom. The number of rotatable bonds is 9. The summed E-state index contributed by atoms with van der Waals surface area (Å²) in [6.45, 7) is 4.69. The fraction of sp³-hybridized carbons (Fsp3) is 0.200. The predicted molar refractivity (Wildman–Crippen MR) is 133 cm³/mol. The van der Waals surface area contributed by atoms with Gasteiger partial charge in [-0.25, -0.2) is 0 Å². The van der Waals surface area contributed by atoms with Gasteiger partial charge in [-0.05, 0) is 44.5 Å². The molecule has 0 radical (unpaired) electrons. The van der Waals surface area contributed by atoms with Crippen LogP contribution in [0.3, 0.4) is 0 Å². The molecule has 0 spiro atoms. The molecule has 9 nitrogen and oxygen atoms in total. The lowest BCUT2D eigenvalue weighted by molar-refractivity contribution is -0.147. The average molecular weight is 461 g/mol. The summed E-state index contributed by atoms with van der Waals surface area (Å²) in [5.74, 6) is -1.12. The normalized spacial score (nSPS) is 11.5.